The third-order valence-electron chi connectivity index (χ3n) is 4.53. The van der Waals surface area contributed by atoms with Gasteiger partial charge in [0.25, 0.3) is 5.91 Å². The van der Waals surface area contributed by atoms with Gasteiger partial charge in [0.1, 0.15) is 18.1 Å². The first kappa shape index (κ1) is 20.3. The fourth-order valence-corrected chi connectivity index (χ4v) is 2.94. The molecule has 0 saturated carbocycles. The Bertz CT molecular complexity index is 1060. The summed E-state index contributed by atoms with van der Waals surface area (Å²) in [5, 5.41) is 4.01. The summed E-state index contributed by atoms with van der Waals surface area (Å²) in [6.07, 6.45) is 1.55. The first-order valence-electron chi connectivity index (χ1n) is 9.89. The number of amides is 1. The average Bonchev–Trinajstić information content (AvgIpc) is 3.27. The number of nitrogens with one attached hydrogen (secondary N) is 1. The van der Waals surface area contributed by atoms with E-state index in [1.54, 1.807) is 30.5 Å². The van der Waals surface area contributed by atoms with E-state index in [1.807, 2.05) is 49.4 Å². The number of ether oxygens (including phenoxy) is 4. The third-order valence-corrected chi connectivity index (χ3v) is 4.53. The second-order valence-electron chi connectivity index (χ2n) is 6.70. The first-order valence-corrected chi connectivity index (χ1v) is 9.89. The number of hydrazone groups is 1. The zero-order valence-electron chi connectivity index (χ0n) is 17.0. The van der Waals surface area contributed by atoms with Gasteiger partial charge in [-0.3, -0.25) is 4.79 Å². The van der Waals surface area contributed by atoms with Crippen LogP contribution in [0.5, 0.6) is 23.0 Å². The van der Waals surface area contributed by atoms with Crippen LogP contribution in [0.4, 0.5) is 0 Å². The molecule has 0 unspecified atom stereocenters. The van der Waals surface area contributed by atoms with Gasteiger partial charge in [0.15, 0.2) is 11.5 Å². The lowest BCUT2D eigenvalue weighted by molar-refractivity contribution is 0.0955. The molecule has 7 heteroatoms. The number of benzene rings is 3. The van der Waals surface area contributed by atoms with Crippen LogP contribution in [0.15, 0.2) is 71.8 Å². The van der Waals surface area contributed by atoms with E-state index < -0.39 is 0 Å². The fraction of sp³-hybridized carbons (Fsp3) is 0.167. The number of rotatable bonds is 8. The Kier molecular flexibility index (Phi) is 6.32. The van der Waals surface area contributed by atoms with Crippen LogP contribution >= 0.6 is 0 Å². The lowest BCUT2D eigenvalue weighted by atomic mass is 10.1. The maximum absolute atomic E-state index is 12.3. The van der Waals surface area contributed by atoms with Crippen molar-refractivity contribution in [1.82, 2.24) is 5.43 Å². The van der Waals surface area contributed by atoms with Gasteiger partial charge in [-0.15, -0.1) is 0 Å². The van der Waals surface area contributed by atoms with Crippen LogP contribution in [0, 0.1) is 0 Å². The van der Waals surface area contributed by atoms with Crippen molar-refractivity contribution in [2.75, 3.05) is 13.4 Å². The quantitative estimate of drug-likeness (QED) is 0.439. The van der Waals surface area contributed by atoms with E-state index in [1.165, 1.54) is 0 Å². The Morgan fingerprint density at radius 1 is 0.968 bits per heavy atom. The summed E-state index contributed by atoms with van der Waals surface area (Å²) >= 11 is 0. The molecule has 3 aromatic rings. The van der Waals surface area contributed by atoms with Crippen molar-refractivity contribution in [3.8, 4) is 23.0 Å². The van der Waals surface area contributed by atoms with E-state index in [-0.39, 0.29) is 12.7 Å². The minimum absolute atomic E-state index is 0.216. The standard InChI is InChI=1S/C24H22N2O5/c1-2-28-20-8-10-21(11-9-20)29-15-17-3-6-19(7-4-17)24(27)26-25-14-18-5-12-22-23(13-18)31-16-30-22/h3-14H,2,15-16H2,1H3,(H,26,27)/b25-14+. The number of nitrogens with zero attached hydrogens (tertiary/aromatic N) is 1. The third kappa shape index (κ3) is 5.33. The van der Waals surface area contributed by atoms with Gasteiger partial charge in [0.05, 0.1) is 12.8 Å². The molecule has 0 fully saturated rings. The Morgan fingerprint density at radius 2 is 1.68 bits per heavy atom. The molecule has 0 aromatic heterocycles. The molecule has 0 aliphatic carbocycles. The van der Waals surface area contributed by atoms with Gasteiger partial charge < -0.3 is 18.9 Å². The predicted octanol–water partition coefficient (Wildman–Crippen LogP) is 4.16. The Balaban J connectivity index is 1.27. The molecule has 0 spiro atoms. The van der Waals surface area contributed by atoms with E-state index >= 15 is 0 Å². The highest BCUT2D eigenvalue weighted by Crippen LogP contribution is 2.31. The molecular formula is C24H22N2O5. The molecule has 4 rings (SSSR count). The molecule has 7 nitrogen and oxygen atoms in total. The Morgan fingerprint density at radius 3 is 2.42 bits per heavy atom. The Hall–Kier alpha value is -4.00. The second kappa shape index (κ2) is 9.67. The van der Waals surface area contributed by atoms with Crippen molar-refractivity contribution in [2.24, 2.45) is 5.10 Å². The highest BCUT2D eigenvalue weighted by Gasteiger charge is 2.12. The topological polar surface area (TPSA) is 78.4 Å². The van der Waals surface area contributed by atoms with Crippen LogP contribution in [-0.2, 0) is 6.61 Å². The summed E-state index contributed by atoms with van der Waals surface area (Å²) in [5.41, 5.74) is 4.78. The maximum Gasteiger partial charge on any atom is 0.271 e. The highest BCUT2D eigenvalue weighted by molar-refractivity contribution is 5.94. The molecule has 1 heterocycles. The molecule has 0 atom stereocenters. The molecule has 1 N–H and O–H groups in total. The van der Waals surface area contributed by atoms with E-state index in [0.717, 1.165) is 22.6 Å². The van der Waals surface area contributed by atoms with Gasteiger partial charge in [-0.05, 0) is 72.6 Å². The van der Waals surface area contributed by atoms with Gasteiger partial charge in [-0.25, -0.2) is 5.43 Å². The number of hydrogen-bond acceptors (Lipinski definition) is 6. The predicted molar refractivity (Wildman–Crippen MR) is 116 cm³/mol. The van der Waals surface area contributed by atoms with Gasteiger partial charge in [-0.2, -0.15) is 5.10 Å². The molecule has 1 aliphatic heterocycles. The molecule has 0 saturated heterocycles. The lowest BCUT2D eigenvalue weighted by Gasteiger charge is -2.08. The average molecular weight is 418 g/mol. The van der Waals surface area contributed by atoms with E-state index in [0.29, 0.717) is 30.3 Å². The molecule has 158 valence electrons. The van der Waals surface area contributed by atoms with Crippen molar-refractivity contribution < 1.29 is 23.7 Å². The van der Waals surface area contributed by atoms with Crippen LogP contribution in [0.3, 0.4) is 0 Å². The summed E-state index contributed by atoms with van der Waals surface area (Å²) in [7, 11) is 0. The molecule has 0 bridgehead atoms. The van der Waals surface area contributed by atoms with Crippen LogP contribution in [0.2, 0.25) is 0 Å². The van der Waals surface area contributed by atoms with Crippen LogP contribution in [-0.4, -0.2) is 25.5 Å². The van der Waals surface area contributed by atoms with Crippen molar-refractivity contribution in [3.05, 3.63) is 83.4 Å². The van der Waals surface area contributed by atoms with Crippen molar-refractivity contribution in [2.45, 2.75) is 13.5 Å². The normalized spacial score (nSPS) is 12.0. The summed E-state index contributed by atoms with van der Waals surface area (Å²) in [6.45, 7) is 3.19. The summed E-state index contributed by atoms with van der Waals surface area (Å²) in [6, 6.07) is 20.1. The second-order valence-corrected chi connectivity index (χ2v) is 6.70. The zero-order chi connectivity index (χ0) is 21.5. The smallest absolute Gasteiger partial charge is 0.271 e. The Labute approximate surface area is 180 Å². The zero-order valence-corrected chi connectivity index (χ0v) is 17.0. The van der Waals surface area contributed by atoms with E-state index in [2.05, 4.69) is 10.5 Å². The summed E-state index contributed by atoms with van der Waals surface area (Å²) in [5.74, 6) is 2.64. The SMILES string of the molecule is CCOc1ccc(OCc2ccc(C(=O)N/N=C/c3ccc4c(c3)OCO4)cc2)cc1. The lowest BCUT2D eigenvalue weighted by Crippen LogP contribution is -2.17. The van der Waals surface area contributed by atoms with Crippen LogP contribution in [0.1, 0.15) is 28.4 Å². The van der Waals surface area contributed by atoms with Crippen LogP contribution < -0.4 is 24.4 Å². The van der Waals surface area contributed by atoms with E-state index in [4.69, 9.17) is 18.9 Å². The molecule has 0 radical (unpaired) electrons. The molecule has 3 aromatic carbocycles. The molecule has 1 aliphatic rings. The minimum atomic E-state index is -0.295. The first-order chi connectivity index (χ1) is 15.2. The van der Waals surface area contributed by atoms with Crippen molar-refractivity contribution in [1.29, 1.82) is 0 Å². The number of carbonyl (C=O) groups is 1. The number of hydrogen-bond donors (Lipinski definition) is 1. The van der Waals surface area contributed by atoms with Crippen molar-refractivity contribution >= 4 is 12.1 Å². The molecule has 31 heavy (non-hydrogen) atoms. The minimum Gasteiger partial charge on any atom is -0.494 e. The van der Waals surface area contributed by atoms with Crippen LogP contribution in [0.25, 0.3) is 0 Å². The van der Waals surface area contributed by atoms with Gasteiger partial charge in [0.2, 0.25) is 6.79 Å². The highest BCUT2D eigenvalue weighted by atomic mass is 16.7. The maximum atomic E-state index is 12.3. The summed E-state index contributed by atoms with van der Waals surface area (Å²) < 4.78 is 21.8. The largest absolute Gasteiger partial charge is 0.494 e. The molecule has 1 amide bonds. The fourth-order valence-electron chi connectivity index (χ4n) is 2.94. The van der Waals surface area contributed by atoms with E-state index in [9.17, 15) is 4.79 Å². The van der Waals surface area contributed by atoms with Crippen molar-refractivity contribution in [3.63, 3.8) is 0 Å². The number of fused-ring (bicyclic) bond motifs is 1. The van der Waals surface area contributed by atoms with Gasteiger partial charge in [-0.1, -0.05) is 12.1 Å². The van der Waals surface area contributed by atoms with Gasteiger partial charge >= 0.3 is 0 Å². The monoisotopic (exact) mass is 418 g/mol. The summed E-state index contributed by atoms with van der Waals surface area (Å²) in [4.78, 5) is 12.3. The molecular weight excluding hydrogens is 396 g/mol. The van der Waals surface area contributed by atoms with Gasteiger partial charge in [0, 0.05) is 5.56 Å². The number of carbonyl (C=O) groups excluding carboxylic acids is 1.